The third-order valence-corrected chi connectivity index (χ3v) is 12.3. The van der Waals surface area contributed by atoms with E-state index in [1.807, 2.05) is 0 Å². The maximum absolute atomic E-state index is 14.6. The predicted octanol–water partition coefficient (Wildman–Crippen LogP) is 16.7. The Morgan fingerprint density at radius 1 is 0.343 bits per heavy atom. The number of aromatic nitrogens is 2. The molecule has 2 aromatic heterocycles. The first-order valence-electron chi connectivity index (χ1n) is 20.9. The highest BCUT2D eigenvalue weighted by Gasteiger charge is 2.40. The quantitative estimate of drug-likeness (QED) is 0.161. The van der Waals surface area contributed by atoms with E-state index in [0.29, 0.717) is 55.8 Å². The molecule has 8 aromatic carbocycles. The molecule has 10 aromatic rings. The fraction of sp³-hybridized carbons (Fsp3) is 0.0741. The minimum absolute atomic E-state index is 0.0455. The van der Waals surface area contributed by atoms with Crippen LogP contribution in [0.15, 0.2) is 158 Å². The molecule has 70 heavy (non-hydrogen) atoms. The van der Waals surface area contributed by atoms with Crippen molar-refractivity contribution >= 4 is 43.6 Å². The van der Waals surface area contributed by atoms with E-state index in [-0.39, 0.29) is 56.8 Å². The highest BCUT2D eigenvalue weighted by Crippen LogP contribution is 2.46. The summed E-state index contributed by atoms with van der Waals surface area (Å²) in [5.74, 6) is 0. The molecule has 0 spiro atoms. The Morgan fingerprint density at radius 2 is 0.757 bits per heavy atom. The molecule has 10 rings (SSSR count). The highest BCUT2D eigenvalue weighted by molar-refractivity contribution is 6.12. The minimum atomic E-state index is -5.22. The van der Waals surface area contributed by atoms with Gasteiger partial charge in [0.2, 0.25) is 0 Å². The second kappa shape index (κ2) is 16.1. The van der Waals surface area contributed by atoms with Crippen molar-refractivity contribution in [3.8, 4) is 56.9 Å². The Bertz CT molecular complexity index is 3660. The summed E-state index contributed by atoms with van der Waals surface area (Å²) in [6.45, 7) is 0. The Labute approximate surface area is 387 Å². The van der Waals surface area contributed by atoms with Crippen molar-refractivity contribution in [1.29, 1.82) is 10.5 Å². The van der Waals surface area contributed by atoms with E-state index in [1.54, 1.807) is 94.1 Å². The lowest BCUT2D eigenvalue weighted by Gasteiger charge is -2.20. The molecule has 0 fully saturated rings. The molecular formula is C54H26F12N4. The van der Waals surface area contributed by atoms with Crippen molar-refractivity contribution in [2.45, 2.75) is 24.7 Å². The van der Waals surface area contributed by atoms with E-state index in [4.69, 9.17) is 0 Å². The molecule has 16 heteroatoms. The first kappa shape index (κ1) is 45.3. The predicted molar refractivity (Wildman–Crippen MR) is 241 cm³/mol. The molecule has 0 aliphatic heterocycles. The van der Waals surface area contributed by atoms with Crippen molar-refractivity contribution < 1.29 is 52.7 Å². The van der Waals surface area contributed by atoms with Crippen LogP contribution in [0.25, 0.3) is 88.4 Å². The molecule has 0 bridgehead atoms. The Morgan fingerprint density at radius 3 is 1.17 bits per heavy atom. The third-order valence-electron chi connectivity index (χ3n) is 12.3. The Balaban J connectivity index is 1.32. The average Bonchev–Trinajstić information content (AvgIpc) is 3.84. The molecule has 0 unspecified atom stereocenters. The molecule has 346 valence electrons. The lowest BCUT2D eigenvalue weighted by Crippen LogP contribution is -2.12. The van der Waals surface area contributed by atoms with Crippen LogP contribution in [0, 0.1) is 22.7 Å². The number of hydrogen-bond acceptors (Lipinski definition) is 2. The topological polar surface area (TPSA) is 57.4 Å². The maximum Gasteiger partial charge on any atom is 0.417 e. The van der Waals surface area contributed by atoms with Crippen LogP contribution in [-0.4, -0.2) is 9.13 Å². The van der Waals surface area contributed by atoms with Gasteiger partial charge in [0.15, 0.2) is 0 Å². The summed E-state index contributed by atoms with van der Waals surface area (Å²) in [5, 5.41) is 23.8. The number of fused-ring (bicyclic) bond motifs is 6. The number of nitrogens with zero attached hydrogens (tertiary/aromatic N) is 4. The van der Waals surface area contributed by atoms with E-state index in [0.717, 1.165) is 12.1 Å². The number of halogens is 12. The SMILES string of the molecule is N#Cc1ccccc1-c1cc(-n2c3ccccc3c3ccc(-c4ccc(C(F)(F)F)cc4C(F)(F)F)cc32)c(C#N)c(-n2c3ccccc3c3ccc(-c4ccc(C(F)(F)F)cc4C(F)(F)F)cc32)c1. The molecule has 0 radical (unpaired) electrons. The summed E-state index contributed by atoms with van der Waals surface area (Å²) in [4.78, 5) is 0. The molecule has 2 heterocycles. The van der Waals surface area contributed by atoms with Crippen LogP contribution >= 0.6 is 0 Å². The van der Waals surface area contributed by atoms with Gasteiger partial charge in [-0.25, -0.2) is 0 Å². The molecular weight excluding hydrogens is 933 g/mol. The zero-order chi connectivity index (χ0) is 49.7. The normalized spacial score (nSPS) is 12.5. The summed E-state index contributed by atoms with van der Waals surface area (Å²) in [5.41, 5.74) is -4.99. The van der Waals surface area contributed by atoms with Gasteiger partial charge in [-0.15, -0.1) is 0 Å². The van der Waals surface area contributed by atoms with Crippen LogP contribution in [-0.2, 0) is 24.7 Å². The van der Waals surface area contributed by atoms with E-state index >= 15 is 0 Å². The molecule has 0 saturated heterocycles. The van der Waals surface area contributed by atoms with Gasteiger partial charge in [-0.05, 0) is 100 Å². The standard InChI is InChI=1S/C54H26F12N4/c55-51(56,57)33-15-19-36(43(25-33)53(61,62)63)29-13-17-40-38-9-3-5-11-45(38)69(47(40)21-29)49-23-32(35-8-2-1-7-31(35)27-67)24-50(42(49)28-68)70-46-12-6-4-10-39(46)41-18-14-30(22-48(41)70)37-20-16-34(52(58,59)60)26-44(37)54(64,65)66/h1-26H. The van der Waals surface area contributed by atoms with E-state index in [2.05, 4.69) is 12.1 Å². The number of para-hydroxylation sites is 2. The largest absolute Gasteiger partial charge is 0.417 e. The minimum Gasteiger partial charge on any atom is -0.308 e. The van der Waals surface area contributed by atoms with Crippen LogP contribution in [0.2, 0.25) is 0 Å². The van der Waals surface area contributed by atoms with Gasteiger partial charge < -0.3 is 9.13 Å². The fourth-order valence-corrected chi connectivity index (χ4v) is 9.28. The third kappa shape index (κ3) is 7.52. The zero-order valence-corrected chi connectivity index (χ0v) is 35.3. The zero-order valence-electron chi connectivity index (χ0n) is 35.3. The van der Waals surface area contributed by atoms with Crippen LogP contribution in [0.5, 0.6) is 0 Å². The van der Waals surface area contributed by atoms with Crippen molar-refractivity contribution in [2.75, 3.05) is 0 Å². The summed E-state index contributed by atoms with van der Waals surface area (Å²) in [6, 6.07) is 39.0. The number of nitriles is 2. The van der Waals surface area contributed by atoms with Gasteiger partial charge in [-0.3, -0.25) is 0 Å². The van der Waals surface area contributed by atoms with Gasteiger partial charge in [0, 0.05) is 21.5 Å². The average molecular weight is 959 g/mol. The van der Waals surface area contributed by atoms with Crippen molar-refractivity contribution in [2.24, 2.45) is 0 Å². The van der Waals surface area contributed by atoms with Gasteiger partial charge in [-0.1, -0.05) is 91.0 Å². The van der Waals surface area contributed by atoms with Gasteiger partial charge in [-0.2, -0.15) is 63.2 Å². The van der Waals surface area contributed by atoms with Crippen LogP contribution < -0.4 is 0 Å². The molecule has 0 aliphatic rings. The monoisotopic (exact) mass is 958 g/mol. The molecule has 0 saturated carbocycles. The second-order valence-corrected chi connectivity index (χ2v) is 16.3. The highest BCUT2D eigenvalue weighted by atomic mass is 19.4. The summed E-state index contributed by atoms with van der Waals surface area (Å²) < 4.78 is 173. The Hall–Kier alpha value is -8.50. The van der Waals surface area contributed by atoms with E-state index < -0.39 is 58.1 Å². The number of rotatable bonds is 5. The summed E-state index contributed by atoms with van der Waals surface area (Å²) in [6.07, 6.45) is -20.6. The second-order valence-electron chi connectivity index (χ2n) is 16.3. The maximum atomic E-state index is 14.6. The lowest BCUT2D eigenvalue weighted by molar-refractivity contribution is -0.144. The Kier molecular flexibility index (Phi) is 10.4. The van der Waals surface area contributed by atoms with Gasteiger partial charge in [0.05, 0.1) is 67.3 Å². The molecule has 0 aliphatic carbocycles. The molecule has 0 N–H and O–H groups in total. The fourth-order valence-electron chi connectivity index (χ4n) is 9.28. The van der Waals surface area contributed by atoms with Crippen LogP contribution in [0.1, 0.15) is 33.4 Å². The smallest absolute Gasteiger partial charge is 0.308 e. The van der Waals surface area contributed by atoms with E-state index in [9.17, 15) is 63.2 Å². The molecule has 0 atom stereocenters. The molecule has 0 amide bonds. The first-order chi connectivity index (χ1) is 33.2. The van der Waals surface area contributed by atoms with Crippen LogP contribution in [0.4, 0.5) is 52.7 Å². The van der Waals surface area contributed by atoms with Gasteiger partial charge in [0.25, 0.3) is 0 Å². The van der Waals surface area contributed by atoms with Crippen molar-refractivity contribution in [3.05, 3.63) is 191 Å². The van der Waals surface area contributed by atoms with Crippen molar-refractivity contribution in [1.82, 2.24) is 9.13 Å². The number of alkyl halides is 12. The van der Waals surface area contributed by atoms with Crippen LogP contribution in [0.3, 0.4) is 0 Å². The van der Waals surface area contributed by atoms with Gasteiger partial charge in [0.1, 0.15) is 11.6 Å². The summed E-state index contributed by atoms with van der Waals surface area (Å²) in [7, 11) is 0. The summed E-state index contributed by atoms with van der Waals surface area (Å²) >= 11 is 0. The number of benzene rings is 8. The molecule has 4 nitrogen and oxygen atoms in total. The number of hydrogen-bond donors (Lipinski definition) is 0. The van der Waals surface area contributed by atoms with Gasteiger partial charge >= 0.3 is 24.7 Å². The van der Waals surface area contributed by atoms with E-state index in [1.165, 1.54) is 36.4 Å². The van der Waals surface area contributed by atoms with Crippen molar-refractivity contribution in [3.63, 3.8) is 0 Å². The lowest BCUT2D eigenvalue weighted by atomic mass is 9.95. The first-order valence-corrected chi connectivity index (χ1v) is 20.9.